The topological polar surface area (TPSA) is 93.4 Å². The number of ether oxygens (including phenoxy) is 1. The number of primary amides is 1. The Labute approximate surface area is 184 Å². The lowest BCUT2D eigenvalue weighted by molar-refractivity contribution is -0.124. The lowest BCUT2D eigenvalue weighted by Gasteiger charge is -2.34. The number of methoxy groups -OCH3 is 1. The zero-order valence-electron chi connectivity index (χ0n) is 17.1. The van der Waals surface area contributed by atoms with Crippen LogP contribution < -0.4 is 15.8 Å². The maximum absolute atomic E-state index is 14.4. The molecule has 0 radical (unpaired) electrons. The number of nitrogens with one attached hydrogen (secondary N) is 1. The minimum absolute atomic E-state index is 0.0216. The molecule has 0 unspecified atom stereocenters. The summed E-state index contributed by atoms with van der Waals surface area (Å²) >= 11 is 5.90. The molecule has 0 bridgehead atoms. The molecule has 1 saturated heterocycles. The summed E-state index contributed by atoms with van der Waals surface area (Å²) in [7, 11) is 1.59. The molecular weight excluding hydrogens is 421 g/mol. The van der Waals surface area contributed by atoms with Crippen LogP contribution in [0.2, 0.25) is 5.02 Å². The summed E-state index contributed by atoms with van der Waals surface area (Å²) in [5.74, 6) is 0.226. The molecule has 1 amide bonds. The second-order valence-electron chi connectivity index (χ2n) is 7.51. The minimum atomic E-state index is -0.553. The van der Waals surface area contributed by atoms with Crippen LogP contribution in [0.4, 0.5) is 15.9 Å². The van der Waals surface area contributed by atoms with Gasteiger partial charge in [-0.2, -0.15) is 0 Å². The van der Waals surface area contributed by atoms with Crippen molar-refractivity contribution in [2.45, 2.75) is 31.8 Å². The van der Waals surface area contributed by atoms with Crippen LogP contribution >= 0.6 is 11.6 Å². The third-order valence-corrected chi connectivity index (χ3v) is 5.85. The van der Waals surface area contributed by atoms with Gasteiger partial charge in [-0.1, -0.05) is 24.1 Å². The third kappa shape index (κ3) is 4.40. The molecule has 0 aliphatic carbocycles. The minimum Gasteiger partial charge on any atom is -0.496 e. The van der Waals surface area contributed by atoms with Gasteiger partial charge < -0.3 is 15.8 Å². The molecule has 162 valence electrons. The van der Waals surface area contributed by atoms with Crippen molar-refractivity contribution in [3.63, 3.8) is 0 Å². The lowest BCUT2D eigenvalue weighted by atomic mass is 10.00. The first kappa shape index (κ1) is 21.3. The molecule has 31 heavy (non-hydrogen) atoms. The van der Waals surface area contributed by atoms with Gasteiger partial charge in [0.1, 0.15) is 17.9 Å². The number of amides is 1. The summed E-state index contributed by atoms with van der Waals surface area (Å²) in [4.78, 5) is 22.6. The van der Waals surface area contributed by atoms with E-state index in [1.54, 1.807) is 19.2 Å². The van der Waals surface area contributed by atoms with Crippen molar-refractivity contribution in [1.29, 1.82) is 0 Å². The molecule has 1 aliphatic rings. The number of hydrogen-bond donors (Lipinski definition) is 2. The second-order valence-corrected chi connectivity index (χ2v) is 7.92. The number of nitrogens with zero attached hydrogens (tertiary/aromatic N) is 3. The molecule has 1 atom stereocenters. The van der Waals surface area contributed by atoms with E-state index in [9.17, 15) is 9.18 Å². The SMILES string of the molecule is COc1cc2ncnc(Nc3cccc(Cl)c3F)c2cc1CN1CCCC[C@H]1C(N)=O. The number of aromatic nitrogens is 2. The van der Waals surface area contributed by atoms with Gasteiger partial charge in [-0.3, -0.25) is 9.69 Å². The number of carbonyl (C=O) groups excluding carboxylic acids is 1. The molecule has 0 spiro atoms. The number of likely N-dealkylation sites (tertiary alicyclic amines) is 1. The zero-order chi connectivity index (χ0) is 22.0. The quantitative estimate of drug-likeness (QED) is 0.597. The Kier molecular flexibility index (Phi) is 6.20. The van der Waals surface area contributed by atoms with Crippen molar-refractivity contribution in [2.24, 2.45) is 5.73 Å². The predicted octanol–water partition coefficient (Wildman–Crippen LogP) is 4.01. The molecule has 1 fully saturated rings. The van der Waals surface area contributed by atoms with E-state index in [1.165, 1.54) is 12.4 Å². The summed E-state index contributed by atoms with van der Waals surface area (Å²) in [6.45, 7) is 1.27. The number of piperidine rings is 1. The van der Waals surface area contributed by atoms with Gasteiger partial charge in [0.25, 0.3) is 0 Å². The number of hydrogen-bond acceptors (Lipinski definition) is 6. The van der Waals surface area contributed by atoms with Crippen LogP contribution in [0.3, 0.4) is 0 Å². The summed E-state index contributed by atoms with van der Waals surface area (Å²) in [5.41, 5.74) is 7.35. The average Bonchev–Trinajstić information content (AvgIpc) is 2.77. The number of nitrogens with two attached hydrogens (primary N) is 1. The number of rotatable bonds is 6. The van der Waals surface area contributed by atoms with Crippen LogP contribution in [0.25, 0.3) is 10.9 Å². The lowest BCUT2D eigenvalue weighted by Crippen LogP contribution is -2.47. The van der Waals surface area contributed by atoms with E-state index in [0.717, 1.165) is 31.4 Å². The highest BCUT2D eigenvalue weighted by molar-refractivity contribution is 6.31. The standard InChI is InChI=1S/C22H23ClFN5O2/c1-31-19-10-17-14(9-13(19)11-29-8-3-2-7-18(29)21(25)30)22(27-12-26-17)28-16-6-4-5-15(23)20(16)24/h4-6,9-10,12,18H,2-3,7-8,11H2,1H3,(H2,25,30)(H,26,27,28)/t18-/m0/s1. The number of benzene rings is 2. The highest BCUT2D eigenvalue weighted by atomic mass is 35.5. The van der Waals surface area contributed by atoms with Gasteiger partial charge in [-0.25, -0.2) is 14.4 Å². The summed E-state index contributed by atoms with van der Waals surface area (Å²) in [6.07, 6.45) is 4.13. The molecule has 0 saturated carbocycles. The van der Waals surface area contributed by atoms with E-state index < -0.39 is 5.82 Å². The van der Waals surface area contributed by atoms with Crippen LogP contribution in [-0.4, -0.2) is 40.5 Å². The molecule has 3 N–H and O–H groups in total. The van der Waals surface area contributed by atoms with Gasteiger partial charge in [0.2, 0.25) is 5.91 Å². The largest absolute Gasteiger partial charge is 0.496 e. The van der Waals surface area contributed by atoms with Crippen molar-refractivity contribution in [3.8, 4) is 5.75 Å². The fraction of sp³-hybridized carbons (Fsp3) is 0.318. The zero-order valence-corrected chi connectivity index (χ0v) is 17.8. The van der Waals surface area contributed by atoms with Crippen molar-refractivity contribution in [1.82, 2.24) is 14.9 Å². The molecule has 7 nitrogen and oxygen atoms in total. The predicted molar refractivity (Wildman–Crippen MR) is 118 cm³/mol. The fourth-order valence-electron chi connectivity index (χ4n) is 3.99. The maximum atomic E-state index is 14.4. The van der Waals surface area contributed by atoms with Gasteiger partial charge >= 0.3 is 0 Å². The average molecular weight is 444 g/mol. The van der Waals surface area contributed by atoms with Crippen LogP contribution in [0.15, 0.2) is 36.7 Å². The molecule has 2 aromatic carbocycles. The molecule has 3 aromatic rings. The van der Waals surface area contributed by atoms with Crippen LogP contribution in [0.1, 0.15) is 24.8 Å². The highest BCUT2D eigenvalue weighted by Gasteiger charge is 2.27. The van der Waals surface area contributed by atoms with E-state index in [0.29, 0.717) is 29.0 Å². The summed E-state index contributed by atoms with van der Waals surface area (Å²) in [5, 5.41) is 3.73. The Morgan fingerprint density at radius 2 is 2.19 bits per heavy atom. The van der Waals surface area contributed by atoms with E-state index in [1.807, 2.05) is 12.1 Å². The number of carbonyl (C=O) groups is 1. The molecule has 9 heteroatoms. The smallest absolute Gasteiger partial charge is 0.234 e. The monoisotopic (exact) mass is 443 g/mol. The third-order valence-electron chi connectivity index (χ3n) is 5.56. The van der Waals surface area contributed by atoms with E-state index in [-0.39, 0.29) is 22.7 Å². The molecular formula is C22H23ClFN5O2. The maximum Gasteiger partial charge on any atom is 0.234 e. The first-order valence-electron chi connectivity index (χ1n) is 10.0. The number of anilines is 2. The van der Waals surface area contributed by atoms with Gasteiger partial charge in [0, 0.05) is 23.6 Å². The van der Waals surface area contributed by atoms with Crippen molar-refractivity contribution in [3.05, 3.63) is 53.1 Å². The van der Waals surface area contributed by atoms with E-state index in [4.69, 9.17) is 22.1 Å². The van der Waals surface area contributed by atoms with Crippen LogP contribution in [0.5, 0.6) is 5.75 Å². The van der Waals surface area contributed by atoms with Gasteiger partial charge in [-0.15, -0.1) is 0 Å². The Morgan fingerprint density at radius 1 is 1.35 bits per heavy atom. The first-order chi connectivity index (χ1) is 15.0. The Bertz CT molecular complexity index is 1130. The first-order valence-corrected chi connectivity index (χ1v) is 10.4. The van der Waals surface area contributed by atoms with Crippen LogP contribution in [-0.2, 0) is 11.3 Å². The van der Waals surface area contributed by atoms with Crippen molar-refractivity contribution >= 4 is 39.9 Å². The molecule has 4 rings (SSSR count). The highest BCUT2D eigenvalue weighted by Crippen LogP contribution is 2.33. The van der Waals surface area contributed by atoms with E-state index >= 15 is 0 Å². The molecule has 1 aromatic heterocycles. The Hall–Kier alpha value is -2.97. The van der Waals surface area contributed by atoms with Gasteiger partial charge in [-0.05, 0) is 37.6 Å². The number of fused-ring (bicyclic) bond motifs is 1. The van der Waals surface area contributed by atoms with Crippen molar-refractivity contribution < 1.29 is 13.9 Å². The molecule has 1 aliphatic heterocycles. The normalized spacial score (nSPS) is 16.9. The summed E-state index contributed by atoms with van der Waals surface area (Å²) in [6, 6.07) is 8.15. The molecule has 2 heterocycles. The Morgan fingerprint density at radius 3 is 2.97 bits per heavy atom. The van der Waals surface area contributed by atoms with Crippen molar-refractivity contribution in [2.75, 3.05) is 19.0 Å². The Balaban J connectivity index is 1.73. The van der Waals surface area contributed by atoms with E-state index in [2.05, 4.69) is 20.2 Å². The summed E-state index contributed by atoms with van der Waals surface area (Å²) < 4.78 is 20.0. The second kappa shape index (κ2) is 9.03. The van der Waals surface area contributed by atoms with Gasteiger partial charge in [0.05, 0.1) is 29.4 Å². The fourth-order valence-corrected chi connectivity index (χ4v) is 4.17. The number of halogens is 2. The van der Waals surface area contributed by atoms with Crippen LogP contribution in [0, 0.1) is 5.82 Å². The van der Waals surface area contributed by atoms with Gasteiger partial charge in [0.15, 0.2) is 5.82 Å².